The van der Waals surface area contributed by atoms with E-state index in [9.17, 15) is 9.59 Å². The molecule has 0 fully saturated rings. The van der Waals surface area contributed by atoms with Gasteiger partial charge in [-0.15, -0.1) is 0 Å². The van der Waals surface area contributed by atoms with Gasteiger partial charge < -0.3 is 0 Å². The summed E-state index contributed by atoms with van der Waals surface area (Å²) in [5.74, 6) is -1.18. The molecule has 0 N–H and O–H groups in total. The summed E-state index contributed by atoms with van der Waals surface area (Å²) in [4.78, 5) is 24.5. The zero-order valence-corrected chi connectivity index (χ0v) is 9.68. The summed E-state index contributed by atoms with van der Waals surface area (Å²) in [6.07, 6.45) is 0. The number of carbonyl (C=O) groups excluding carboxylic acids is 2. The van der Waals surface area contributed by atoms with Gasteiger partial charge >= 0.3 is 0 Å². The topological polar surface area (TPSA) is 37.4 Å². The molecule has 0 saturated carbocycles. The number of Topliss-reactive ketones (excluding diaryl/α,β-unsaturated/α-hetero) is 1. The summed E-state index contributed by atoms with van der Waals surface area (Å²) in [7, 11) is 0. The smallest absolute Gasteiger partial charge is 0.298 e. The van der Waals surface area contributed by atoms with Gasteiger partial charge in [-0.2, -0.15) is 0 Å². The highest BCUT2D eigenvalue weighted by Crippen LogP contribution is 2.36. The third kappa shape index (κ3) is 1.62. The molecular formula is C11H7Cl2NO2. The van der Waals surface area contributed by atoms with Crippen molar-refractivity contribution in [3.63, 3.8) is 0 Å². The largest absolute Gasteiger partial charge is 0.299 e. The molecule has 1 heterocycles. The van der Waals surface area contributed by atoms with Gasteiger partial charge in [0, 0.05) is 5.03 Å². The molecule has 82 valence electrons. The Bertz CT molecular complexity index is 511. The number of hydrogen-bond acceptors (Lipinski definition) is 2. The van der Waals surface area contributed by atoms with E-state index >= 15 is 0 Å². The Morgan fingerprint density at radius 2 is 2.06 bits per heavy atom. The summed E-state index contributed by atoms with van der Waals surface area (Å²) in [5.41, 5.74) is 0.733. The van der Waals surface area contributed by atoms with Crippen molar-refractivity contribution in [3.8, 4) is 0 Å². The second-order valence-electron chi connectivity index (χ2n) is 3.37. The third-order valence-corrected chi connectivity index (χ3v) is 2.69. The van der Waals surface area contributed by atoms with Gasteiger partial charge in [-0.05, 0) is 12.1 Å². The van der Waals surface area contributed by atoms with E-state index in [2.05, 4.69) is 6.58 Å². The number of anilines is 1. The highest BCUT2D eigenvalue weighted by molar-refractivity contribution is 6.54. The molecule has 0 aliphatic carbocycles. The van der Waals surface area contributed by atoms with Crippen LogP contribution in [-0.4, -0.2) is 18.2 Å². The van der Waals surface area contributed by atoms with E-state index in [4.69, 9.17) is 23.2 Å². The number of rotatable bonds is 2. The van der Waals surface area contributed by atoms with E-state index in [0.29, 0.717) is 16.3 Å². The fourth-order valence-corrected chi connectivity index (χ4v) is 2.03. The van der Waals surface area contributed by atoms with Crippen LogP contribution >= 0.6 is 23.2 Å². The quantitative estimate of drug-likeness (QED) is 0.763. The van der Waals surface area contributed by atoms with Crippen molar-refractivity contribution in [1.29, 1.82) is 0 Å². The van der Waals surface area contributed by atoms with E-state index in [0.717, 1.165) is 0 Å². The van der Waals surface area contributed by atoms with Gasteiger partial charge in [0.15, 0.2) is 0 Å². The Balaban J connectivity index is 2.56. The van der Waals surface area contributed by atoms with Crippen LogP contribution < -0.4 is 4.90 Å². The Kier molecular flexibility index (Phi) is 2.74. The van der Waals surface area contributed by atoms with Crippen LogP contribution in [0.1, 0.15) is 10.4 Å². The maximum Gasteiger partial charge on any atom is 0.299 e. The molecule has 0 unspecified atom stereocenters. The van der Waals surface area contributed by atoms with Gasteiger partial charge in [-0.3, -0.25) is 14.5 Å². The van der Waals surface area contributed by atoms with Crippen LogP contribution in [0.2, 0.25) is 5.02 Å². The lowest BCUT2D eigenvalue weighted by Gasteiger charge is -2.16. The molecule has 2 rings (SSSR count). The lowest BCUT2D eigenvalue weighted by Crippen LogP contribution is -2.30. The fraction of sp³-hybridized carbons (Fsp3) is 0.0909. The van der Waals surface area contributed by atoms with Crippen LogP contribution in [0.3, 0.4) is 0 Å². The van der Waals surface area contributed by atoms with Gasteiger partial charge in [0.2, 0.25) is 0 Å². The number of nitrogens with zero attached hydrogens (tertiary/aromatic N) is 1. The molecule has 1 aromatic rings. The van der Waals surface area contributed by atoms with Crippen LogP contribution in [0.4, 0.5) is 5.69 Å². The summed E-state index contributed by atoms with van der Waals surface area (Å²) < 4.78 is 0. The van der Waals surface area contributed by atoms with Crippen molar-refractivity contribution in [2.24, 2.45) is 0 Å². The van der Waals surface area contributed by atoms with Gasteiger partial charge in [-0.1, -0.05) is 35.8 Å². The van der Waals surface area contributed by atoms with Crippen molar-refractivity contribution in [2.45, 2.75) is 0 Å². The Labute approximate surface area is 102 Å². The summed E-state index contributed by atoms with van der Waals surface area (Å²) in [6.45, 7) is 3.58. The van der Waals surface area contributed by atoms with Crippen LogP contribution in [0, 0.1) is 0 Å². The number of fused-ring (bicyclic) bond motifs is 1. The lowest BCUT2D eigenvalue weighted by atomic mass is 10.1. The number of para-hydroxylation sites is 1. The Hall–Kier alpha value is -1.32. The summed E-state index contributed by atoms with van der Waals surface area (Å²) in [5, 5.41) is 0.628. The van der Waals surface area contributed by atoms with Crippen molar-refractivity contribution in [3.05, 3.63) is 40.4 Å². The molecule has 3 nitrogen and oxygen atoms in total. The average molecular weight is 256 g/mol. The molecule has 5 heteroatoms. The number of carbonyl (C=O) groups is 2. The van der Waals surface area contributed by atoms with Crippen molar-refractivity contribution in [1.82, 2.24) is 0 Å². The molecular weight excluding hydrogens is 249 g/mol. The highest BCUT2D eigenvalue weighted by Gasteiger charge is 2.37. The third-order valence-electron chi connectivity index (χ3n) is 2.27. The minimum atomic E-state index is -0.620. The Morgan fingerprint density at radius 3 is 2.69 bits per heavy atom. The first-order valence-corrected chi connectivity index (χ1v) is 5.26. The van der Waals surface area contributed by atoms with Gasteiger partial charge in [-0.25, -0.2) is 0 Å². The minimum Gasteiger partial charge on any atom is -0.298 e. The number of halogens is 2. The van der Waals surface area contributed by atoms with Crippen LogP contribution in [-0.2, 0) is 4.79 Å². The number of benzene rings is 1. The maximum atomic E-state index is 11.7. The molecule has 16 heavy (non-hydrogen) atoms. The van der Waals surface area contributed by atoms with Crippen LogP contribution in [0.15, 0.2) is 29.8 Å². The first-order valence-electron chi connectivity index (χ1n) is 4.50. The fourth-order valence-electron chi connectivity index (χ4n) is 1.63. The minimum absolute atomic E-state index is 0.0862. The number of amides is 1. The van der Waals surface area contributed by atoms with E-state index in [-0.39, 0.29) is 11.6 Å². The Morgan fingerprint density at radius 1 is 1.38 bits per heavy atom. The zero-order valence-electron chi connectivity index (χ0n) is 8.17. The van der Waals surface area contributed by atoms with E-state index in [1.165, 1.54) is 4.90 Å². The normalized spacial score (nSPS) is 14.2. The predicted octanol–water partition coefficient (Wildman–Crippen LogP) is 2.62. The van der Waals surface area contributed by atoms with Gasteiger partial charge in [0.05, 0.1) is 22.8 Å². The van der Waals surface area contributed by atoms with E-state index in [1.807, 2.05) is 0 Å². The van der Waals surface area contributed by atoms with E-state index in [1.54, 1.807) is 18.2 Å². The van der Waals surface area contributed by atoms with Gasteiger partial charge in [0.1, 0.15) is 0 Å². The molecule has 0 aromatic heterocycles. The molecule has 0 saturated heterocycles. The highest BCUT2D eigenvalue weighted by atomic mass is 35.5. The van der Waals surface area contributed by atoms with Crippen LogP contribution in [0.5, 0.6) is 0 Å². The summed E-state index contributed by atoms with van der Waals surface area (Å²) >= 11 is 11.6. The van der Waals surface area contributed by atoms with Gasteiger partial charge in [0.25, 0.3) is 11.7 Å². The van der Waals surface area contributed by atoms with E-state index < -0.39 is 11.7 Å². The molecule has 0 atom stereocenters. The van der Waals surface area contributed by atoms with Crippen LogP contribution in [0.25, 0.3) is 0 Å². The first-order chi connectivity index (χ1) is 7.52. The molecule has 1 amide bonds. The SMILES string of the molecule is C=C(Cl)CN1C(=O)C(=O)c2cccc(Cl)c21. The number of ketones is 1. The maximum absolute atomic E-state index is 11.7. The van der Waals surface area contributed by atoms with Crippen molar-refractivity contribution in [2.75, 3.05) is 11.4 Å². The molecule has 0 bridgehead atoms. The predicted molar refractivity (Wildman–Crippen MR) is 63.1 cm³/mol. The monoisotopic (exact) mass is 255 g/mol. The standard InChI is InChI=1S/C11H7Cl2NO2/c1-6(12)5-14-9-7(10(15)11(14)16)3-2-4-8(9)13/h2-4H,1,5H2. The lowest BCUT2D eigenvalue weighted by molar-refractivity contribution is -0.114. The number of hydrogen-bond donors (Lipinski definition) is 0. The average Bonchev–Trinajstić information content (AvgIpc) is 2.45. The second-order valence-corrected chi connectivity index (χ2v) is 4.32. The molecule has 1 aliphatic rings. The summed E-state index contributed by atoms with van der Waals surface area (Å²) in [6, 6.07) is 4.82. The molecule has 0 radical (unpaired) electrons. The van der Waals surface area contributed by atoms with Crippen molar-refractivity contribution < 1.29 is 9.59 Å². The second kappa shape index (κ2) is 3.92. The van der Waals surface area contributed by atoms with Crippen molar-refractivity contribution >= 4 is 40.6 Å². The zero-order chi connectivity index (χ0) is 11.9. The molecule has 0 spiro atoms. The molecule has 1 aromatic carbocycles. The first kappa shape index (κ1) is 11.2. The molecule has 1 aliphatic heterocycles.